The Balaban J connectivity index is 0.000000720. The monoisotopic (exact) mass is 227 g/mol. The molecule has 0 aromatic rings. The molecule has 2 unspecified atom stereocenters. The maximum Gasteiger partial charge on any atom is 0.0542 e. The minimum Gasteiger partial charge on any atom is -0.291 e. The molecule has 0 bridgehead atoms. The van der Waals surface area contributed by atoms with E-state index in [1.54, 1.807) is 0 Å². The summed E-state index contributed by atoms with van der Waals surface area (Å²) in [6.45, 7) is 2.19. The Hall–Kier alpha value is 0.570. The third kappa shape index (κ3) is 1.60. The molecule has 2 heterocycles. The molecule has 0 aliphatic carbocycles. The maximum atomic E-state index is 6.15. The average Bonchev–Trinajstić information content (AvgIpc) is 2.54. The van der Waals surface area contributed by atoms with E-state index in [4.69, 9.17) is 23.2 Å². The molecular weight excluding hydrogens is 216 g/mol. The smallest absolute Gasteiger partial charge is 0.0542 e. The number of rotatable bonds is 1. The highest BCUT2D eigenvalue weighted by molar-refractivity contribution is 6.22. The summed E-state index contributed by atoms with van der Waals surface area (Å²) in [5.74, 6) is 0.643. The van der Waals surface area contributed by atoms with Crippen molar-refractivity contribution in [2.24, 2.45) is 0 Å². The van der Waals surface area contributed by atoms with Crippen LogP contribution in [-0.2, 0) is 0 Å². The van der Waals surface area contributed by atoms with E-state index in [9.17, 15) is 0 Å². The summed E-state index contributed by atoms with van der Waals surface area (Å²) in [4.78, 5) is 2.40. The van der Waals surface area contributed by atoms with Gasteiger partial charge in [0.25, 0.3) is 0 Å². The molecule has 0 spiro atoms. The van der Waals surface area contributed by atoms with E-state index in [0.29, 0.717) is 17.3 Å². The van der Waals surface area contributed by atoms with Crippen LogP contribution in [0.25, 0.3) is 0 Å². The first kappa shape index (κ1) is 10.6. The van der Waals surface area contributed by atoms with Crippen molar-refractivity contribution in [3.63, 3.8) is 0 Å². The molecule has 0 aromatic carbocycles. The summed E-state index contributed by atoms with van der Waals surface area (Å²) in [5, 5.41) is 0.294. The van der Waals surface area contributed by atoms with Gasteiger partial charge in [0.05, 0.1) is 5.38 Å². The zero-order valence-corrected chi connectivity index (χ0v) is 9.00. The summed E-state index contributed by atoms with van der Waals surface area (Å²) in [7, 11) is 0. The summed E-state index contributed by atoms with van der Waals surface area (Å²) >= 11 is 11.9. The van der Waals surface area contributed by atoms with Gasteiger partial charge in [0.15, 0.2) is 0 Å². The van der Waals surface area contributed by atoms with Crippen LogP contribution in [0.3, 0.4) is 0 Å². The van der Waals surface area contributed by atoms with E-state index in [0.717, 1.165) is 19.5 Å². The number of nitrogens with zero attached hydrogens (tertiary/aromatic N) is 1. The quantitative estimate of drug-likeness (QED) is 0.492. The minimum atomic E-state index is 0. The first-order valence-corrected chi connectivity index (χ1v) is 4.93. The van der Waals surface area contributed by atoms with Crippen LogP contribution in [0.1, 0.15) is 6.42 Å². The zero-order valence-electron chi connectivity index (χ0n) is 6.67. The fourth-order valence-electron chi connectivity index (χ4n) is 1.98. The lowest BCUT2D eigenvalue weighted by Gasteiger charge is -2.18. The first-order valence-electron chi connectivity index (χ1n) is 3.96. The maximum absolute atomic E-state index is 6.15. The largest absolute Gasteiger partial charge is 0.291 e. The Morgan fingerprint density at radius 1 is 1.58 bits per heavy atom. The molecule has 2 aliphatic heterocycles. The SMILES string of the molecule is Cl.ClCC1=CCN2CCC(Cl)C12. The van der Waals surface area contributed by atoms with Crippen LogP contribution in [0.15, 0.2) is 11.6 Å². The van der Waals surface area contributed by atoms with Gasteiger partial charge in [0.2, 0.25) is 0 Å². The second-order valence-electron chi connectivity index (χ2n) is 3.16. The van der Waals surface area contributed by atoms with Crippen LogP contribution in [0, 0.1) is 0 Å². The number of hydrogen-bond acceptors (Lipinski definition) is 1. The Morgan fingerprint density at radius 3 is 3.00 bits per heavy atom. The minimum absolute atomic E-state index is 0. The summed E-state index contributed by atoms with van der Waals surface area (Å²) < 4.78 is 0. The van der Waals surface area contributed by atoms with Crippen LogP contribution in [0.5, 0.6) is 0 Å². The highest BCUT2D eigenvalue weighted by Crippen LogP contribution is 2.32. The van der Waals surface area contributed by atoms with Gasteiger partial charge >= 0.3 is 0 Å². The zero-order chi connectivity index (χ0) is 7.84. The van der Waals surface area contributed by atoms with E-state index in [1.165, 1.54) is 5.57 Å². The molecule has 0 saturated carbocycles. The molecular formula is C8H12Cl3N. The lowest BCUT2D eigenvalue weighted by Crippen LogP contribution is -2.30. The Bertz CT molecular complexity index is 193. The third-order valence-electron chi connectivity index (χ3n) is 2.55. The molecule has 0 N–H and O–H groups in total. The predicted molar refractivity (Wildman–Crippen MR) is 55.7 cm³/mol. The van der Waals surface area contributed by atoms with Crippen molar-refractivity contribution < 1.29 is 0 Å². The van der Waals surface area contributed by atoms with E-state index >= 15 is 0 Å². The molecule has 1 fully saturated rings. The Labute approximate surface area is 89.1 Å². The first-order chi connectivity index (χ1) is 5.33. The van der Waals surface area contributed by atoms with Gasteiger partial charge in [-0.2, -0.15) is 0 Å². The number of alkyl halides is 2. The summed E-state index contributed by atoms with van der Waals surface area (Å²) in [6, 6.07) is 0.453. The molecule has 0 radical (unpaired) electrons. The van der Waals surface area contributed by atoms with Crippen LogP contribution in [-0.4, -0.2) is 35.3 Å². The van der Waals surface area contributed by atoms with Gasteiger partial charge in [-0.1, -0.05) is 6.08 Å². The molecule has 2 rings (SSSR count). The highest BCUT2D eigenvalue weighted by Gasteiger charge is 2.37. The normalized spacial score (nSPS) is 34.3. The van der Waals surface area contributed by atoms with Crippen molar-refractivity contribution >= 4 is 35.6 Å². The molecule has 1 saturated heterocycles. The summed E-state index contributed by atoms with van der Waals surface area (Å²) in [5.41, 5.74) is 1.32. The van der Waals surface area contributed by atoms with E-state index in [1.807, 2.05) is 0 Å². The van der Waals surface area contributed by atoms with E-state index < -0.39 is 0 Å². The van der Waals surface area contributed by atoms with Crippen LogP contribution in [0.4, 0.5) is 0 Å². The Morgan fingerprint density at radius 2 is 2.33 bits per heavy atom. The van der Waals surface area contributed by atoms with Crippen molar-refractivity contribution in [2.75, 3.05) is 19.0 Å². The van der Waals surface area contributed by atoms with Crippen LogP contribution in [0.2, 0.25) is 0 Å². The molecule has 0 aromatic heterocycles. The number of halogens is 3. The standard InChI is InChI=1S/C8H11Cl2N.ClH/c9-5-6-1-3-11-4-2-7(10)8(6)11;/h1,7-8H,2-5H2;1H. The number of hydrogen-bond donors (Lipinski definition) is 0. The highest BCUT2D eigenvalue weighted by atomic mass is 35.5. The van der Waals surface area contributed by atoms with Crippen molar-refractivity contribution in [3.05, 3.63) is 11.6 Å². The topological polar surface area (TPSA) is 3.24 Å². The molecule has 2 aliphatic rings. The molecule has 1 nitrogen and oxygen atoms in total. The van der Waals surface area contributed by atoms with Gasteiger partial charge in [0.1, 0.15) is 0 Å². The van der Waals surface area contributed by atoms with Crippen molar-refractivity contribution in [2.45, 2.75) is 17.8 Å². The summed E-state index contributed by atoms with van der Waals surface area (Å²) in [6.07, 6.45) is 3.33. The van der Waals surface area contributed by atoms with Gasteiger partial charge in [-0.25, -0.2) is 0 Å². The average molecular weight is 229 g/mol. The van der Waals surface area contributed by atoms with Gasteiger partial charge in [0, 0.05) is 25.0 Å². The lowest BCUT2D eigenvalue weighted by atomic mass is 10.1. The van der Waals surface area contributed by atoms with Gasteiger partial charge < -0.3 is 0 Å². The van der Waals surface area contributed by atoms with Crippen LogP contribution >= 0.6 is 35.6 Å². The molecule has 2 atom stereocenters. The lowest BCUT2D eigenvalue weighted by molar-refractivity contribution is 0.338. The van der Waals surface area contributed by atoms with Crippen molar-refractivity contribution in [3.8, 4) is 0 Å². The number of fused-ring (bicyclic) bond motifs is 1. The van der Waals surface area contributed by atoms with E-state index in [-0.39, 0.29) is 12.4 Å². The molecule has 70 valence electrons. The third-order valence-corrected chi connectivity index (χ3v) is 3.32. The second-order valence-corrected chi connectivity index (χ2v) is 3.98. The predicted octanol–water partition coefficient (Wildman–Crippen LogP) is 2.27. The van der Waals surface area contributed by atoms with Gasteiger partial charge in [-0.3, -0.25) is 4.90 Å². The van der Waals surface area contributed by atoms with Crippen LogP contribution < -0.4 is 0 Å². The van der Waals surface area contributed by atoms with Crippen molar-refractivity contribution in [1.82, 2.24) is 4.90 Å². The van der Waals surface area contributed by atoms with Gasteiger partial charge in [-0.05, 0) is 12.0 Å². The molecule has 4 heteroatoms. The fourth-order valence-corrected chi connectivity index (χ4v) is 2.66. The molecule has 12 heavy (non-hydrogen) atoms. The molecule has 0 amide bonds. The van der Waals surface area contributed by atoms with Gasteiger partial charge in [-0.15, -0.1) is 35.6 Å². The Kier molecular flexibility index (Phi) is 3.72. The van der Waals surface area contributed by atoms with Crippen molar-refractivity contribution in [1.29, 1.82) is 0 Å². The fraction of sp³-hybridized carbons (Fsp3) is 0.750. The van der Waals surface area contributed by atoms with E-state index in [2.05, 4.69) is 11.0 Å². The second kappa shape index (κ2) is 4.19.